The fraction of sp³-hybridized carbons (Fsp3) is 0.261. The maximum atomic E-state index is 13.0. The first-order chi connectivity index (χ1) is 14.9. The minimum atomic E-state index is -3.32. The molecule has 2 heterocycles. The first-order valence-electron chi connectivity index (χ1n) is 10.1. The van der Waals surface area contributed by atoms with Crippen LogP contribution >= 0.6 is 0 Å². The number of sulfone groups is 1. The zero-order valence-corrected chi connectivity index (χ0v) is 17.6. The number of rotatable bonds is 7. The molecule has 8 heteroatoms. The molecular formula is C23H22N2O5S. The van der Waals surface area contributed by atoms with Gasteiger partial charge in [-0.2, -0.15) is 0 Å². The van der Waals surface area contributed by atoms with E-state index in [1.54, 1.807) is 35.2 Å². The van der Waals surface area contributed by atoms with Crippen molar-refractivity contribution < 1.29 is 22.8 Å². The van der Waals surface area contributed by atoms with Crippen molar-refractivity contribution in [3.8, 4) is 0 Å². The van der Waals surface area contributed by atoms with Crippen molar-refractivity contribution in [3.63, 3.8) is 0 Å². The van der Waals surface area contributed by atoms with E-state index in [1.807, 2.05) is 30.3 Å². The summed E-state index contributed by atoms with van der Waals surface area (Å²) in [5.41, 5.74) is 1.66. The SMILES string of the molecule is O=C1c2ccccc2C(=O)N1CCCC(=O)N(Cc1ccccc1)C1C=CS(=O)(=O)C1. The Balaban J connectivity index is 1.42. The van der Waals surface area contributed by atoms with Crippen LogP contribution in [0.5, 0.6) is 0 Å². The zero-order chi connectivity index (χ0) is 22.0. The molecule has 7 nitrogen and oxygen atoms in total. The molecule has 0 aliphatic carbocycles. The molecule has 2 aromatic rings. The third kappa shape index (κ3) is 4.44. The topological polar surface area (TPSA) is 91.8 Å². The highest BCUT2D eigenvalue weighted by atomic mass is 32.2. The molecule has 31 heavy (non-hydrogen) atoms. The molecule has 2 aromatic carbocycles. The molecule has 0 bridgehead atoms. The summed E-state index contributed by atoms with van der Waals surface area (Å²) >= 11 is 0. The molecule has 1 unspecified atom stereocenters. The Morgan fingerprint density at radius 3 is 2.16 bits per heavy atom. The van der Waals surface area contributed by atoms with Crippen molar-refractivity contribution in [2.45, 2.75) is 25.4 Å². The molecule has 1 atom stereocenters. The Morgan fingerprint density at radius 2 is 1.58 bits per heavy atom. The number of hydrogen-bond donors (Lipinski definition) is 0. The summed E-state index contributed by atoms with van der Waals surface area (Å²) in [6.07, 6.45) is 1.95. The molecule has 0 saturated carbocycles. The van der Waals surface area contributed by atoms with Crippen LogP contribution in [0.25, 0.3) is 0 Å². The van der Waals surface area contributed by atoms with Gasteiger partial charge in [0.05, 0.1) is 22.9 Å². The molecule has 160 valence electrons. The van der Waals surface area contributed by atoms with Gasteiger partial charge in [-0.05, 0) is 30.2 Å². The Hall–Kier alpha value is -3.26. The van der Waals surface area contributed by atoms with E-state index < -0.39 is 15.9 Å². The summed E-state index contributed by atoms with van der Waals surface area (Å²) in [5.74, 6) is -1.05. The van der Waals surface area contributed by atoms with Gasteiger partial charge >= 0.3 is 0 Å². The molecule has 0 N–H and O–H groups in total. The van der Waals surface area contributed by atoms with E-state index in [9.17, 15) is 22.8 Å². The van der Waals surface area contributed by atoms with Gasteiger partial charge in [-0.1, -0.05) is 42.5 Å². The van der Waals surface area contributed by atoms with E-state index >= 15 is 0 Å². The molecule has 3 amide bonds. The average Bonchev–Trinajstić information content (AvgIpc) is 3.24. The van der Waals surface area contributed by atoms with Crippen LogP contribution in [-0.2, 0) is 21.2 Å². The number of carbonyl (C=O) groups excluding carboxylic acids is 3. The van der Waals surface area contributed by atoms with Gasteiger partial charge in [-0.15, -0.1) is 0 Å². The average molecular weight is 439 g/mol. The molecule has 0 spiro atoms. The molecule has 0 saturated heterocycles. The second kappa shape index (κ2) is 8.47. The van der Waals surface area contributed by atoms with E-state index in [0.29, 0.717) is 17.5 Å². The van der Waals surface area contributed by atoms with Crippen molar-refractivity contribution in [2.24, 2.45) is 0 Å². The van der Waals surface area contributed by atoms with Gasteiger partial charge in [0.2, 0.25) is 5.91 Å². The predicted octanol–water partition coefficient (Wildman–Crippen LogP) is 2.40. The first-order valence-corrected chi connectivity index (χ1v) is 11.8. The van der Waals surface area contributed by atoms with Gasteiger partial charge in [0.1, 0.15) is 0 Å². The molecular weight excluding hydrogens is 416 g/mol. The van der Waals surface area contributed by atoms with Crippen LogP contribution < -0.4 is 0 Å². The van der Waals surface area contributed by atoms with E-state index in [1.165, 1.54) is 4.90 Å². The van der Waals surface area contributed by atoms with Crippen LogP contribution in [-0.4, -0.2) is 54.3 Å². The van der Waals surface area contributed by atoms with Crippen LogP contribution in [0.15, 0.2) is 66.1 Å². The molecule has 2 aliphatic heterocycles. The van der Waals surface area contributed by atoms with Crippen LogP contribution in [0.3, 0.4) is 0 Å². The number of nitrogens with zero attached hydrogens (tertiary/aromatic N) is 2. The van der Waals surface area contributed by atoms with E-state index in [0.717, 1.165) is 11.0 Å². The van der Waals surface area contributed by atoms with Gasteiger partial charge in [-0.3, -0.25) is 19.3 Å². The highest BCUT2D eigenvalue weighted by molar-refractivity contribution is 7.94. The van der Waals surface area contributed by atoms with Crippen molar-refractivity contribution in [2.75, 3.05) is 12.3 Å². The summed E-state index contributed by atoms with van der Waals surface area (Å²) in [7, 11) is -3.32. The lowest BCUT2D eigenvalue weighted by atomic mass is 10.1. The summed E-state index contributed by atoms with van der Waals surface area (Å²) in [6.45, 7) is 0.424. The standard InChI is InChI=1S/C23H22N2O5S/c26-21(11-6-13-24-22(27)19-9-4-5-10-20(19)23(24)28)25(15-17-7-2-1-3-8-17)18-12-14-31(29,30)16-18/h1-5,7-10,12,14,18H,6,11,13,15-16H2. The van der Waals surface area contributed by atoms with E-state index in [2.05, 4.69) is 0 Å². The quantitative estimate of drug-likeness (QED) is 0.619. The number of carbonyl (C=O) groups is 3. The fourth-order valence-electron chi connectivity index (χ4n) is 3.90. The lowest BCUT2D eigenvalue weighted by Crippen LogP contribution is -2.41. The van der Waals surface area contributed by atoms with Crippen molar-refractivity contribution in [1.29, 1.82) is 0 Å². The summed E-state index contributed by atoms with van der Waals surface area (Å²) in [6, 6.07) is 15.5. The van der Waals surface area contributed by atoms with Crippen LogP contribution in [0.1, 0.15) is 39.1 Å². The minimum absolute atomic E-state index is 0.102. The second-order valence-electron chi connectivity index (χ2n) is 7.64. The largest absolute Gasteiger partial charge is 0.331 e. The Bertz CT molecular complexity index is 1120. The van der Waals surface area contributed by atoms with Gasteiger partial charge in [0, 0.05) is 24.9 Å². The monoisotopic (exact) mass is 438 g/mol. The predicted molar refractivity (Wildman–Crippen MR) is 115 cm³/mol. The summed E-state index contributed by atoms with van der Waals surface area (Å²) in [4.78, 5) is 40.7. The van der Waals surface area contributed by atoms with Crippen molar-refractivity contribution in [3.05, 3.63) is 82.8 Å². The Kier molecular flexibility index (Phi) is 5.73. The maximum Gasteiger partial charge on any atom is 0.261 e. The molecule has 4 rings (SSSR count). The van der Waals surface area contributed by atoms with Crippen molar-refractivity contribution in [1.82, 2.24) is 9.80 Å². The summed E-state index contributed by atoms with van der Waals surface area (Å²) in [5, 5.41) is 1.15. The van der Waals surface area contributed by atoms with Gasteiger partial charge in [0.25, 0.3) is 11.8 Å². The lowest BCUT2D eigenvalue weighted by Gasteiger charge is -2.28. The first kappa shape index (κ1) is 21.0. The third-order valence-electron chi connectivity index (χ3n) is 5.48. The number of fused-ring (bicyclic) bond motifs is 1. The normalized spacial score (nSPS) is 19.0. The smallest absolute Gasteiger partial charge is 0.261 e. The van der Waals surface area contributed by atoms with Gasteiger partial charge in [-0.25, -0.2) is 8.42 Å². The summed E-state index contributed by atoms with van der Waals surface area (Å²) < 4.78 is 23.8. The number of imide groups is 1. The van der Waals surface area contributed by atoms with Crippen LogP contribution in [0.2, 0.25) is 0 Å². The van der Waals surface area contributed by atoms with E-state index in [-0.39, 0.29) is 43.0 Å². The number of hydrogen-bond acceptors (Lipinski definition) is 5. The third-order valence-corrected chi connectivity index (χ3v) is 6.86. The van der Waals surface area contributed by atoms with Crippen LogP contribution in [0, 0.1) is 0 Å². The van der Waals surface area contributed by atoms with E-state index in [4.69, 9.17) is 0 Å². The molecule has 0 aromatic heterocycles. The second-order valence-corrected chi connectivity index (χ2v) is 9.57. The Morgan fingerprint density at radius 1 is 0.968 bits per heavy atom. The van der Waals surface area contributed by atoms with Gasteiger partial charge < -0.3 is 4.90 Å². The Labute approximate surface area is 180 Å². The highest BCUT2D eigenvalue weighted by Gasteiger charge is 2.35. The number of benzene rings is 2. The highest BCUT2D eigenvalue weighted by Crippen LogP contribution is 2.23. The fourth-order valence-corrected chi connectivity index (χ4v) is 5.20. The molecule has 0 fully saturated rings. The maximum absolute atomic E-state index is 13.0. The zero-order valence-electron chi connectivity index (χ0n) is 16.8. The minimum Gasteiger partial charge on any atom is -0.331 e. The van der Waals surface area contributed by atoms with Gasteiger partial charge in [0.15, 0.2) is 9.84 Å². The van der Waals surface area contributed by atoms with Crippen LogP contribution in [0.4, 0.5) is 0 Å². The van der Waals surface area contributed by atoms with Crippen molar-refractivity contribution >= 4 is 27.6 Å². The molecule has 0 radical (unpaired) electrons. The lowest BCUT2D eigenvalue weighted by molar-refractivity contribution is -0.133. The molecule has 2 aliphatic rings. The number of amides is 3.